The Balaban J connectivity index is 1.72. The van der Waals surface area contributed by atoms with Crippen LogP contribution in [0.2, 0.25) is 5.02 Å². The lowest BCUT2D eigenvalue weighted by molar-refractivity contribution is -0.139. The molecule has 7 heteroatoms. The Bertz CT molecular complexity index is 1450. The minimum atomic E-state index is -3.68. The highest BCUT2D eigenvalue weighted by molar-refractivity contribution is 7.89. The van der Waals surface area contributed by atoms with Crippen molar-refractivity contribution in [1.29, 1.82) is 0 Å². The number of sulfonamides is 1. The van der Waals surface area contributed by atoms with Gasteiger partial charge in [-0.15, -0.1) is 0 Å². The molecule has 0 fully saturated rings. The molecule has 0 spiro atoms. The van der Waals surface area contributed by atoms with Crippen LogP contribution in [0.4, 0.5) is 0 Å². The van der Waals surface area contributed by atoms with Crippen molar-refractivity contribution in [2.45, 2.75) is 24.8 Å². The molecular weight excluding hydrogens is 470 g/mol. The lowest BCUT2D eigenvalue weighted by Crippen LogP contribution is -2.23. The standard InChI is InChI=1S/C27H24ClNO4S/c1-18-22(15-26(30)33-2)14-21-8-11-23(28)16-25(21)27(18)20-9-12-24(13-10-20)34(31,32)29-17-19-6-4-3-5-7-19/h3-14,16,29H,15,17H2,1-2H3. The summed E-state index contributed by atoms with van der Waals surface area (Å²) in [5.41, 5.74) is 4.37. The van der Waals surface area contributed by atoms with Crippen LogP contribution in [0.5, 0.6) is 0 Å². The van der Waals surface area contributed by atoms with Gasteiger partial charge in [-0.25, -0.2) is 13.1 Å². The Kier molecular flexibility index (Phi) is 7.03. The van der Waals surface area contributed by atoms with E-state index in [1.54, 1.807) is 30.3 Å². The van der Waals surface area contributed by atoms with E-state index in [-0.39, 0.29) is 23.8 Å². The van der Waals surface area contributed by atoms with Crippen molar-refractivity contribution in [3.05, 3.63) is 101 Å². The monoisotopic (exact) mass is 493 g/mol. The van der Waals surface area contributed by atoms with Crippen LogP contribution in [-0.4, -0.2) is 21.5 Å². The molecule has 4 rings (SSSR count). The second-order valence-corrected chi connectivity index (χ2v) is 10.2. The van der Waals surface area contributed by atoms with Crippen LogP contribution < -0.4 is 4.72 Å². The number of hydrogen-bond donors (Lipinski definition) is 1. The predicted octanol–water partition coefficient (Wildman–Crippen LogP) is 5.66. The van der Waals surface area contributed by atoms with Gasteiger partial charge in [0.25, 0.3) is 0 Å². The molecule has 1 N–H and O–H groups in total. The highest BCUT2D eigenvalue weighted by Crippen LogP contribution is 2.36. The minimum absolute atomic E-state index is 0.143. The first-order valence-corrected chi connectivity index (χ1v) is 12.6. The number of nitrogens with one attached hydrogen (secondary N) is 1. The second-order valence-electron chi connectivity index (χ2n) is 7.99. The van der Waals surface area contributed by atoms with E-state index >= 15 is 0 Å². The molecule has 5 nitrogen and oxygen atoms in total. The maximum absolute atomic E-state index is 12.8. The van der Waals surface area contributed by atoms with Crippen molar-refractivity contribution in [1.82, 2.24) is 4.72 Å². The molecule has 0 saturated carbocycles. The van der Waals surface area contributed by atoms with Crippen LogP contribution in [0.1, 0.15) is 16.7 Å². The number of hydrogen-bond acceptors (Lipinski definition) is 4. The zero-order chi connectivity index (χ0) is 24.3. The van der Waals surface area contributed by atoms with Gasteiger partial charge in [-0.05, 0) is 69.8 Å². The van der Waals surface area contributed by atoms with Crippen LogP contribution in [0.15, 0.2) is 83.8 Å². The molecule has 0 heterocycles. The van der Waals surface area contributed by atoms with E-state index in [1.165, 1.54) is 7.11 Å². The van der Waals surface area contributed by atoms with E-state index in [4.69, 9.17) is 16.3 Å². The Morgan fingerprint density at radius 1 is 0.971 bits per heavy atom. The van der Waals surface area contributed by atoms with Gasteiger partial charge in [0, 0.05) is 11.6 Å². The Hall–Kier alpha value is -3.19. The lowest BCUT2D eigenvalue weighted by Gasteiger charge is -2.16. The molecule has 0 saturated heterocycles. The molecular formula is C27H24ClNO4S. The summed E-state index contributed by atoms with van der Waals surface area (Å²) >= 11 is 6.29. The van der Waals surface area contributed by atoms with Gasteiger partial charge in [-0.3, -0.25) is 4.79 Å². The molecule has 174 valence electrons. The third kappa shape index (κ3) is 5.14. The molecule has 0 aliphatic rings. The molecule has 0 aromatic heterocycles. The van der Waals surface area contributed by atoms with Crippen molar-refractivity contribution in [3.8, 4) is 11.1 Å². The third-order valence-electron chi connectivity index (χ3n) is 5.80. The van der Waals surface area contributed by atoms with Crippen molar-refractivity contribution < 1.29 is 17.9 Å². The van der Waals surface area contributed by atoms with Gasteiger partial charge < -0.3 is 4.74 Å². The van der Waals surface area contributed by atoms with Crippen LogP contribution in [0, 0.1) is 6.92 Å². The fourth-order valence-electron chi connectivity index (χ4n) is 3.97. The van der Waals surface area contributed by atoms with Gasteiger partial charge in [-0.1, -0.05) is 66.2 Å². The van der Waals surface area contributed by atoms with Crippen molar-refractivity contribution >= 4 is 38.4 Å². The summed E-state index contributed by atoms with van der Waals surface area (Å²) < 4.78 is 33.1. The van der Waals surface area contributed by atoms with Crippen LogP contribution in [-0.2, 0) is 32.5 Å². The van der Waals surface area contributed by atoms with Gasteiger partial charge >= 0.3 is 5.97 Å². The molecule has 0 bridgehead atoms. The van der Waals surface area contributed by atoms with E-state index in [0.717, 1.165) is 38.6 Å². The van der Waals surface area contributed by atoms with Crippen molar-refractivity contribution in [2.75, 3.05) is 7.11 Å². The first-order chi connectivity index (χ1) is 16.3. The second kappa shape index (κ2) is 9.97. The molecule has 4 aromatic carbocycles. The van der Waals surface area contributed by atoms with Gasteiger partial charge in [0.05, 0.1) is 18.4 Å². The Labute approximate surface area is 204 Å². The van der Waals surface area contributed by atoms with Crippen molar-refractivity contribution in [2.24, 2.45) is 0 Å². The maximum atomic E-state index is 12.8. The summed E-state index contributed by atoms with van der Waals surface area (Å²) in [7, 11) is -2.31. The van der Waals surface area contributed by atoms with Crippen molar-refractivity contribution in [3.63, 3.8) is 0 Å². The van der Waals surface area contributed by atoms with E-state index in [0.29, 0.717) is 5.02 Å². The zero-order valence-corrected chi connectivity index (χ0v) is 20.4. The summed E-state index contributed by atoms with van der Waals surface area (Å²) in [4.78, 5) is 12.2. The zero-order valence-electron chi connectivity index (χ0n) is 18.8. The Morgan fingerprint density at radius 2 is 1.68 bits per heavy atom. The number of rotatable bonds is 7. The van der Waals surface area contributed by atoms with Gasteiger partial charge in [0.15, 0.2) is 0 Å². The topological polar surface area (TPSA) is 72.5 Å². The maximum Gasteiger partial charge on any atom is 0.309 e. The number of halogens is 1. The fourth-order valence-corrected chi connectivity index (χ4v) is 5.16. The summed E-state index contributed by atoms with van der Waals surface area (Å²) in [6.07, 6.45) is 0.143. The molecule has 0 unspecified atom stereocenters. The highest BCUT2D eigenvalue weighted by Gasteiger charge is 2.17. The van der Waals surface area contributed by atoms with Crippen LogP contribution in [0.3, 0.4) is 0 Å². The number of esters is 1. The normalized spacial score (nSPS) is 11.5. The predicted molar refractivity (Wildman–Crippen MR) is 135 cm³/mol. The smallest absolute Gasteiger partial charge is 0.309 e. The average molecular weight is 494 g/mol. The SMILES string of the molecule is COC(=O)Cc1cc2ccc(Cl)cc2c(-c2ccc(S(=O)(=O)NCc3ccccc3)cc2)c1C. The number of methoxy groups -OCH3 is 1. The quantitative estimate of drug-likeness (QED) is 0.337. The highest BCUT2D eigenvalue weighted by atomic mass is 35.5. The molecule has 34 heavy (non-hydrogen) atoms. The fraction of sp³-hybridized carbons (Fsp3) is 0.148. The van der Waals surface area contributed by atoms with E-state index < -0.39 is 10.0 Å². The minimum Gasteiger partial charge on any atom is -0.469 e. The molecule has 4 aromatic rings. The molecule has 0 amide bonds. The van der Waals surface area contributed by atoms with Gasteiger partial charge in [0.2, 0.25) is 10.0 Å². The molecule has 0 aliphatic carbocycles. The van der Waals surface area contributed by atoms with Crippen LogP contribution >= 0.6 is 11.6 Å². The summed E-state index contributed by atoms with van der Waals surface area (Å²) in [6, 6.07) is 23.7. The van der Waals surface area contributed by atoms with Gasteiger partial charge in [0.1, 0.15) is 0 Å². The number of benzene rings is 4. The average Bonchev–Trinajstić information content (AvgIpc) is 2.84. The number of carbonyl (C=O) groups is 1. The summed E-state index contributed by atoms with van der Waals surface area (Å²) in [6.45, 7) is 2.16. The van der Waals surface area contributed by atoms with E-state index in [1.807, 2.05) is 55.5 Å². The third-order valence-corrected chi connectivity index (χ3v) is 7.45. The Morgan fingerprint density at radius 3 is 2.35 bits per heavy atom. The molecule has 0 atom stereocenters. The van der Waals surface area contributed by atoms with E-state index in [9.17, 15) is 13.2 Å². The van der Waals surface area contributed by atoms with E-state index in [2.05, 4.69) is 4.72 Å². The number of carbonyl (C=O) groups excluding carboxylic acids is 1. The number of fused-ring (bicyclic) bond motifs is 1. The largest absolute Gasteiger partial charge is 0.469 e. The number of ether oxygens (including phenoxy) is 1. The molecule has 0 radical (unpaired) electrons. The lowest BCUT2D eigenvalue weighted by atomic mass is 9.89. The summed E-state index contributed by atoms with van der Waals surface area (Å²) in [5, 5.41) is 2.46. The van der Waals surface area contributed by atoms with Crippen LogP contribution in [0.25, 0.3) is 21.9 Å². The first kappa shape index (κ1) is 24.0. The molecule has 0 aliphatic heterocycles. The first-order valence-electron chi connectivity index (χ1n) is 10.7. The van der Waals surface area contributed by atoms with Gasteiger partial charge in [-0.2, -0.15) is 0 Å². The summed E-state index contributed by atoms with van der Waals surface area (Å²) in [5.74, 6) is -0.326.